The van der Waals surface area contributed by atoms with Gasteiger partial charge in [-0.15, -0.1) is 11.6 Å². The minimum absolute atomic E-state index is 0.122. The molecular weight excluding hydrogens is 276 g/mol. The monoisotopic (exact) mass is 300 g/mol. The van der Waals surface area contributed by atoms with E-state index < -0.39 is 8.07 Å². The van der Waals surface area contributed by atoms with Gasteiger partial charge in [0.2, 0.25) is 0 Å². The molecule has 0 saturated heterocycles. The van der Waals surface area contributed by atoms with Crippen molar-refractivity contribution in [3.8, 4) is 0 Å². The Bertz CT molecular complexity index is 382. The summed E-state index contributed by atoms with van der Waals surface area (Å²) in [5, 5.41) is 1.49. The molecule has 1 aliphatic carbocycles. The molecule has 19 heavy (non-hydrogen) atoms. The lowest BCUT2D eigenvalue weighted by molar-refractivity contribution is -0.143. The smallest absolute Gasteiger partial charge is 0.302 e. The summed E-state index contributed by atoms with van der Waals surface area (Å²) in [7, 11) is -1.44. The number of hydrogen-bond acceptors (Lipinski definition) is 2. The van der Waals surface area contributed by atoms with Crippen LogP contribution in [-0.4, -0.2) is 26.5 Å². The van der Waals surface area contributed by atoms with E-state index in [9.17, 15) is 4.79 Å². The van der Waals surface area contributed by atoms with E-state index in [1.165, 1.54) is 12.1 Å². The second kappa shape index (κ2) is 6.75. The number of alkyl halides is 1. The van der Waals surface area contributed by atoms with Gasteiger partial charge in [0.15, 0.2) is 0 Å². The maximum Gasteiger partial charge on any atom is 0.302 e. The van der Waals surface area contributed by atoms with E-state index in [4.69, 9.17) is 16.3 Å². The normalized spacial score (nSPS) is 23.1. The van der Waals surface area contributed by atoms with Gasteiger partial charge in [-0.05, 0) is 19.3 Å². The molecule has 0 fully saturated rings. The van der Waals surface area contributed by atoms with Gasteiger partial charge in [0.05, 0.1) is 8.07 Å². The van der Waals surface area contributed by atoms with Gasteiger partial charge in [0.1, 0.15) is 6.61 Å². The molecule has 0 radical (unpaired) electrons. The first-order valence-corrected chi connectivity index (χ1v) is 10.9. The largest absolute Gasteiger partial charge is 0.465 e. The standard InChI is InChI=1S/C15H25ClO2Si/c1-13(17)18-12-15(10-7-11-16)9-6-5-8-14(15)19(2,3)4/h6,8-9H,5,7,10-12H2,1-4H3. The van der Waals surface area contributed by atoms with Crippen LogP contribution in [0.4, 0.5) is 0 Å². The summed E-state index contributed by atoms with van der Waals surface area (Å²) in [5.41, 5.74) is -0.122. The highest BCUT2D eigenvalue weighted by molar-refractivity contribution is 6.83. The molecule has 1 unspecified atom stereocenters. The Hall–Kier alpha value is -0.543. The Morgan fingerprint density at radius 1 is 1.47 bits per heavy atom. The summed E-state index contributed by atoms with van der Waals surface area (Å²) < 4.78 is 5.36. The molecular formula is C15H25ClO2Si. The number of halogens is 1. The lowest BCUT2D eigenvalue weighted by Gasteiger charge is -2.41. The molecule has 0 bridgehead atoms. The third-order valence-electron chi connectivity index (χ3n) is 3.53. The minimum Gasteiger partial charge on any atom is -0.465 e. The van der Waals surface area contributed by atoms with Gasteiger partial charge >= 0.3 is 5.97 Å². The Morgan fingerprint density at radius 3 is 2.68 bits per heavy atom. The van der Waals surface area contributed by atoms with Crippen molar-refractivity contribution in [1.82, 2.24) is 0 Å². The second-order valence-electron chi connectivity index (χ2n) is 6.23. The molecule has 0 aromatic rings. The van der Waals surface area contributed by atoms with Crippen molar-refractivity contribution in [2.45, 2.75) is 45.8 Å². The van der Waals surface area contributed by atoms with Gasteiger partial charge in [0, 0.05) is 18.2 Å². The highest BCUT2D eigenvalue weighted by Gasteiger charge is 2.39. The number of hydrogen-bond donors (Lipinski definition) is 0. The summed E-state index contributed by atoms with van der Waals surface area (Å²) in [6.07, 6.45) is 9.65. The van der Waals surface area contributed by atoms with E-state index in [0.29, 0.717) is 12.5 Å². The number of ether oxygens (including phenoxy) is 1. The third-order valence-corrected chi connectivity index (χ3v) is 6.11. The highest BCUT2D eigenvalue weighted by atomic mass is 35.5. The van der Waals surface area contributed by atoms with Crippen LogP contribution in [0.3, 0.4) is 0 Å². The topological polar surface area (TPSA) is 26.3 Å². The van der Waals surface area contributed by atoms with Gasteiger partial charge in [-0.25, -0.2) is 0 Å². The van der Waals surface area contributed by atoms with E-state index in [1.807, 2.05) is 0 Å². The molecule has 1 atom stereocenters. The molecule has 0 aromatic heterocycles. The maximum absolute atomic E-state index is 11.2. The number of allylic oxidation sites excluding steroid dienone is 2. The fourth-order valence-corrected chi connectivity index (χ4v) is 5.49. The van der Waals surface area contributed by atoms with Crippen LogP contribution in [0.15, 0.2) is 23.4 Å². The zero-order valence-electron chi connectivity index (χ0n) is 12.5. The molecule has 0 heterocycles. The van der Waals surface area contributed by atoms with Gasteiger partial charge < -0.3 is 4.74 Å². The summed E-state index contributed by atoms with van der Waals surface area (Å²) in [5.74, 6) is 0.438. The van der Waals surface area contributed by atoms with Gasteiger partial charge in [-0.1, -0.05) is 43.1 Å². The van der Waals surface area contributed by atoms with E-state index in [-0.39, 0.29) is 11.4 Å². The molecule has 108 valence electrons. The lowest BCUT2D eigenvalue weighted by Crippen LogP contribution is -2.41. The number of carbonyl (C=O) groups excluding carboxylic acids is 1. The van der Waals surface area contributed by atoms with Crippen molar-refractivity contribution >= 4 is 25.6 Å². The zero-order chi connectivity index (χ0) is 14.5. The van der Waals surface area contributed by atoms with Crippen LogP contribution in [-0.2, 0) is 9.53 Å². The number of rotatable bonds is 6. The summed E-state index contributed by atoms with van der Waals surface area (Å²) in [6, 6.07) is 0. The highest BCUT2D eigenvalue weighted by Crippen LogP contribution is 2.42. The first-order valence-electron chi connectivity index (χ1n) is 6.90. The van der Waals surface area contributed by atoms with Crippen LogP contribution in [0.25, 0.3) is 0 Å². The fourth-order valence-electron chi connectivity index (χ4n) is 2.85. The van der Waals surface area contributed by atoms with Crippen molar-refractivity contribution in [1.29, 1.82) is 0 Å². The average Bonchev–Trinajstić information content (AvgIpc) is 2.33. The van der Waals surface area contributed by atoms with Crippen LogP contribution >= 0.6 is 11.6 Å². The lowest BCUT2D eigenvalue weighted by atomic mass is 9.80. The first-order chi connectivity index (χ1) is 8.82. The van der Waals surface area contributed by atoms with Crippen LogP contribution < -0.4 is 0 Å². The molecule has 0 amide bonds. The number of esters is 1. The second-order valence-corrected chi connectivity index (χ2v) is 11.7. The van der Waals surface area contributed by atoms with Crippen LogP contribution in [0.1, 0.15) is 26.2 Å². The summed E-state index contributed by atoms with van der Waals surface area (Å²) in [4.78, 5) is 11.2. The molecule has 0 aromatic carbocycles. The van der Waals surface area contributed by atoms with E-state index >= 15 is 0 Å². The minimum atomic E-state index is -1.44. The molecule has 0 N–H and O–H groups in total. The molecule has 0 spiro atoms. The van der Waals surface area contributed by atoms with Crippen LogP contribution in [0.2, 0.25) is 19.6 Å². The van der Waals surface area contributed by atoms with Crippen molar-refractivity contribution in [3.05, 3.63) is 23.4 Å². The Labute approximate surface area is 122 Å². The molecule has 1 rings (SSSR count). The predicted molar refractivity (Wildman–Crippen MR) is 84.2 cm³/mol. The summed E-state index contributed by atoms with van der Waals surface area (Å²) >= 11 is 5.87. The Balaban J connectivity index is 3.03. The molecule has 4 heteroatoms. The van der Waals surface area contributed by atoms with Crippen molar-refractivity contribution < 1.29 is 9.53 Å². The molecule has 2 nitrogen and oxygen atoms in total. The van der Waals surface area contributed by atoms with Crippen molar-refractivity contribution in [2.24, 2.45) is 5.41 Å². The third kappa shape index (κ3) is 4.50. The van der Waals surface area contributed by atoms with Gasteiger partial charge in [-0.2, -0.15) is 0 Å². The first kappa shape index (κ1) is 16.5. The fraction of sp³-hybridized carbons (Fsp3) is 0.667. The van der Waals surface area contributed by atoms with Gasteiger partial charge in [0.25, 0.3) is 0 Å². The van der Waals surface area contributed by atoms with E-state index in [2.05, 4.69) is 37.9 Å². The van der Waals surface area contributed by atoms with Crippen LogP contribution in [0, 0.1) is 5.41 Å². The molecule has 0 aliphatic heterocycles. The molecule has 1 aliphatic rings. The average molecular weight is 301 g/mol. The zero-order valence-corrected chi connectivity index (χ0v) is 14.2. The Kier molecular flexibility index (Phi) is 5.87. The van der Waals surface area contributed by atoms with Gasteiger partial charge in [-0.3, -0.25) is 4.79 Å². The van der Waals surface area contributed by atoms with E-state index in [0.717, 1.165) is 19.3 Å². The van der Waals surface area contributed by atoms with E-state index in [1.54, 1.807) is 0 Å². The van der Waals surface area contributed by atoms with Crippen LogP contribution in [0.5, 0.6) is 0 Å². The predicted octanol–water partition coefficient (Wildman–Crippen LogP) is 4.32. The summed E-state index contributed by atoms with van der Waals surface area (Å²) in [6.45, 7) is 8.97. The van der Waals surface area contributed by atoms with Crippen molar-refractivity contribution in [2.75, 3.05) is 12.5 Å². The quantitative estimate of drug-likeness (QED) is 0.316. The number of carbonyl (C=O) groups is 1. The SMILES string of the molecule is CC(=O)OCC1(CCCCl)C=CCC=C1[Si](C)(C)C. The van der Waals surface area contributed by atoms with Crippen molar-refractivity contribution in [3.63, 3.8) is 0 Å². The Morgan fingerprint density at radius 2 is 2.16 bits per heavy atom. The molecule has 0 saturated carbocycles. The maximum atomic E-state index is 11.2.